The average molecular weight is 504 g/mol. The molecule has 1 heterocycles. The molecule has 1 saturated carbocycles. The fraction of sp³-hybridized carbons (Fsp3) is 0.536. The Kier molecular flexibility index (Phi) is 7.28. The van der Waals surface area contributed by atoms with Crippen molar-refractivity contribution in [3.63, 3.8) is 0 Å². The van der Waals surface area contributed by atoms with E-state index in [9.17, 15) is 18.3 Å². The van der Waals surface area contributed by atoms with Gasteiger partial charge >= 0.3 is 6.36 Å². The molecule has 2 aromatic carbocycles. The highest BCUT2D eigenvalue weighted by Crippen LogP contribution is 2.44. The van der Waals surface area contributed by atoms with Crippen molar-refractivity contribution in [3.05, 3.63) is 48.0 Å². The van der Waals surface area contributed by atoms with Crippen LogP contribution in [0.25, 0.3) is 11.0 Å². The molecule has 0 aliphatic heterocycles. The average Bonchev–Trinajstić information content (AvgIpc) is 3.09. The van der Waals surface area contributed by atoms with Gasteiger partial charge in [-0.25, -0.2) is 4.98 Å². The molecule has 196 valence electrons. The van der Waals surface area contributed by atoms with E-state index in [1.165, 1.54) is 18.6 Å². The minimum absolute atomic E-state index is 0.245. The number of ether oxygens (including phenoxy) is 1. The number of anilines is 2. The van der Waals surface area contributed by atoms with Gasteiger partial charge in [0, 0.05) is 18.2 Å². The van der Waals surface area contributed by atoms with Crippen LogP contribution in [0, 0.1) is 17.8 Å². The zero-order chi connectivity index (χ0) is 26.3. The molecule has 1 aliphatic rings. The number of fused-ring (bicyclic) bond motifs is 1. The van der Waals surface area contributed by atoms with Gasteiger partial charge in [-0.15, -0.1) is 13.2 Å². The summed E-state index contributed by atoms with van der Waals surface area (Å²) in [6.45, 7) is 10.4. The first kappa shape index (κ1) is 26.3. The van der Waals surface area contributed by atoms with Gasteiger partial charge in [-0.2, -0.15) is 0 Å². The van der Waals surface area contributed by atoms with Crippen LogP contribution in [-0.4, -0.2) is 26.6 Å². The number of rotatable bonds is 7. The number of alkyl halides is 3. The quantitative estimate of drug-likeness (QED) is 0.348. The van der Waals surface area contributed by atoms with Crippen molar-refractivity contribution in [2.24, 2.45) is 17.8 Å². The molecule has 3 atom stereocenters. The van der Waals surface area contributed by atoms with Crippen molar-refractivity contribution in [2.45, 2.75) is 78.3 Å². The number of halogens is 3. The van der Waals surface area contributed by atoms with E-state index < -0.39 is 12.0 Å². The fourth-order valence-electron chi connectivity index (χ4n) is 5.50. The third-order valence-electron chi connectivity index (χ3n) is 7.05. The summed E-state index contributed by atoms with van der Waals surface area (Å²) < 4.78 is 44.0. The smallest absolute Gasteiger partial charge is 0.406 e. The molecular formula is C28H36F3N3O2. The van der Waals surface area contributed by atoms with Gasteiger partial charge in [-0.05, 0) is 86.4 Å². The van der Waals surface area contributed by atoms with Crippen LogP contribution in [0.4, 0.5) is 24.8 Å². The third kappa shape index (κ3) is 6.33. The number of benzene rings is 2. The van der Waals surface area contributed by atoms with Crippen molar-refractivity contribution in [1.82, 2.24) is 9.55 Å². The Hall–Kier alpha value is -2.74. The molecule has 1 fully saturated rings. The topological polar surface area (TPSA) is 59.3 Å². The van der Waals surface area contributed by atoms with Crippen LogP contribution in [0.3, 0.4) is 0 Å². The van der Waals surface area contributed by atoms with Crippen LogP contribution in [0.1, 0.15) is 65.5 Å². The first-order valence-electron chi connectivity index (χ1n) is 12.6. The zero-order valence-electron chi connectivity index (χ0n) is 21.6. The Bertz CT molecular complexity index is 1180. The first-order valence-corrected chi connectivity index (χ1v) is 12.6. The van der Waals surface area contributed by atoms with Gasteiger partial charge in [0.15, 0.2) is 0 Å². The molecule has 3 aromatic rings. The summed E-state index contributed by atoms with van der Waals surface area (Å²) in [4.78, 5) is 4.93. The van der Waals surface area contributed by atoms with Gasteiger partial charge in [-0.1, -0.05) is 33.3 Å². The molecule has 1 aromatic heterocycles. The molecule has 0 saturated heterocycles. The summed E-state index contributed by atoms with van der Waals surface area (Å²) in [7, 11) is 0. The number of hydrogen-bond acceptors (Lipinski definition) is 4. The van der Waals surface area contributed by atoms with E-state index >= 15 is 0 Å². The maximum atomic E-state index is 12.6. The number of aliphatic hydroxyl groups is 1. The third-order valence-corrected chi connectivity index (χ3v) is 7.05. The van der Waals surface area contributed by atoms with E-state index in [4.69, 9.17) is 4.98 Å². The molecule has 4 rings (SSSR count). The highest BCUT2D eigenvalue weighted by atomic mass is 19.4. The SMILES string of the molecule is CC(C)[C@H]1CC[C@@H](C)C[C@H]1n1c(Nc2ccc(OC(F)(F)F)cc2)nc2cc(CC(C)(C)O)ccc21. The lowest BCUT2D eigenvalue weighted by Crippen LogP contribution is -2.30. The summed E-state index contributed by atoms with van der Waals surface area (Å²) in [5, 5.41) is 13.7. The van der Waals surface area contributed by atoms with Crippen molar-refractivity contribution in [1.29, 1.82) is 0 Å². The van der Waals surface area contributed by atoms with E-state index in [1.807, 2.05) is 12.1 Å². The number of aromatic nitrogens is 2. The molecule has 0 radical (unpaired) electrons. The normalized spacial score (nSPS) is 21.2. The highest BCUT2D eigenvalue weighted by molar-refractivity contribution is 5.81. The molecule has 5 nitrogen and oxygen atoms in total. The molecule has 2 N–H and O–H groups in total. The van der Waals surface area contributed by atoms with Gasteiger partial charge in [0.1, 0.15) is 5.75 Å². The van der Waals surface area contributed by atoms with Crippen LogP contribution < -0.4 is 10.1 Å². The lowest BCUT2D eigenvalue weighted by atomic mass is 9.74. The van der Waals surface area contributed by atoms with E-state index in [-0.39, 0.29) is 11.8 Å². The predicted octanol–water partition coefficient (Wildman–Crippen LogP) is 7.63. The van der Waals surface area contributed by atoms with Crippen molar-refractivity contribution < 1.29 is 23.0 Å². The Balaban J connectivity index is 1.75. The zero-order valence-corrected chi connectivity index (χ0v) is 21.6. The molecule has 36 heavy (non-hydrogen) atoms. The minimum Gasteiger partial charge on any atom is -0.406 e. The van der Waals surface area contributed by atoms with Gasteiger partial charge < -0.3 is 19.7 Å². The number of hydrogen-bond donors (Lipinski definition) is 2. The van der Waals surface area contributed by atoms with Crippen LogP contribution in [-0.2, 0) is 6.42 Å². The minimum atomic E-state index is -4.73. The summed E-state index contributed by atoms with van der Waals surface area (Å²) in [6.07, 6.45) is -0.845. The van der Waals surface area contributed by atoms with Gasteiger partial charge in [0.25, 0.3) is 0 Å². The predicted molar refractivity (Wildman–Crippen MR) is 137 cm³/mol. The largest absolute Gasteiger partial charge is 0.573 e. The molecule has 1 aliphatic carbocycles. The maximum absolute atomic E-state index is 12.6. The van der Waals surface area contributed by atoms with Crippen LogP contribution in [0.5, 0.6) is 5.75 Å². The van der Waals surface area contributed by atoms with E-state index in [1.54, 1.807) is 26.0 Å². The summed E-state index contributed by atoms with van der Waals surface area (Å²) >= 11 is 0. The van der Waals surface area contributed by atoms with E-state index in [0.717, 1.165) is 29.4 Å². The van der Waals surface area contributed by atoms with Gasteiger partial charge in [0.2, 0.25) is 5.95 Å². The Morgan fingerprint density at radius 2 is 1.81 bits per heavy atom. The molecule has 0 unspecified atom stereocenters. The fourth-order valence-corrected chi connectivity index (χ4v) is 5.50. The Morgan fingerprint density at radius 3 is 2.42 bits per heavy atom. The van der Waals surface area contributed by atoms with Crippen molar-refractivity contribution >= 4 is 22.7 Å². The monoisotopic (exact) mass is 503 g/mol. The van der Waals surface area contributed by atoms with E-state index in [2.05, 4.69) is 41.5 Å². The lowest BCUT2D eigenvalue weighted by molar-refractivity contribution is -0.274. The summed E-state index contributed by atoms with van der Waals surface area (Å²) in [5.74, 6) is 1.97. The highest BCUT2D eigenvalue weighted by Gasteiger charge is 2.34. The number of imidazole rings is 1. The lowest BCUT2D eigenvalue weighted by Gasteiger charge is -2.39. The Labute approximate surface area is 210 Å². The van der Waals surface area contributed by atoms with Gasteiger partial charge in [-0.3, -0.25) is 0 Å². The van der Waals surface area contributed by atoms with Crippen LogP contribution >= 0.6 is 0 Å². The molecule has 0 bridgehead atoms. The first-order chi connectivity index (χ1) is 16.8. The van der Waals surface area contributed by atoms with Crippen molar-refractivity contribution in [2.75, 3.05) is 5.32 Å². The van der Waals surface area contributed by atoms with Crippen LogP contribution in [0.2, 0.25) is 0 Å². The molecule has 8 heteroatoms. The van der Waals surface area contributed by atoms with Crippen molar-refractivity contribution in [3.8, 4) is 5.75 Å². The standard InChI is InChI=1S/C28H36F3N3O2/c1-17(2)22-12-6-18(3)14-25(22)34-24-13-7-19(16-27(4,5)35)15-23(24)33-26(34)32-20-8-10-21(11-9-20)36-28(29,30)31/h7-11,13,15,17-18,22,25,35H,6,12,14,16H2,1-5H3,(H,32,33)/t18-,22-,25-/m1/s1. The Morgan fingerprint density at radius 1 is 1.11 bits per heavy atom. The molecule has 0 amide bonds. The second-order valence-corrected chi connectivity index (χ2v) is 11.2. The second kappa shape index (κ2) is 9.96. The second-order valence-electron chi connectivity index (χ2n) is 11.2. The number of nitrogens with one attached hydrogen (secondary N) is 1. The molecular weight excluding hydrogens is 467 g/mol. The van der Waals surface area contributed by atoms with E-state index in [0.29, 0.717) is 35.8 Å². The summed E-state index contributed by atoms with van der Waals surface area (Å²) in [6, 6.07) is 12.1. The van der Waals surface area contributed by atoms with Gasteiger partial charge in [0.05, 0.1) is 16.6 Å². The number of nitrogens with zero attached hydrogens (tertiary/aromatic N) is 2. The summed E-state index contributed by atoms with van der Waals surface area (Å²) in [5.41, 5.74) is 2.63. The van der Waals surface area contributed by atoms with Crippen LogP contribution in [0.15, 0.2) is 42.5 Å². The maximum Gasteiger partial charge on any atom is 0.573 e. The molecule has 0 spiro atoms.